The average molecular weight is 612 g/mol. The van der Waals surface area contributed by atoms with Gasteiger partial charge in [-0.3, -0.25) is 14.4 Å². The number of hydrogen-bond acceptors (Lipinski definition) is 6. The summed E-state index contributed by atoms with van der Waals surface area (Å²) in [6.45, 7) is 6.34. The van der Waals surface area contributed by atoms with E-state index in [-0.39, 0.29) is 30.3 Å². The number of nitrogens with one attached hydrogen (secondary N) is 1. The Morgan fingerprint density at radius 2 is 1.69 bits per heavy atom. The molecule has 1 atom stereocenters. The van der Waals surface area contributed by atoms with Crippen molar-refractivity contribution in [2.45, 2.75) is 77.3 Å². The van der Waals surface area contributed by atoms with Gasteiger partial charge in [-0.05, 0) is 70.8 Å². The molecular formula is C36H45N5O4. The number of rotatable bonds is 12. The van der Waals surface area contributed by atoms with Crippen LogP contribution in [0.4, 0.5) is 0 Å². The molecule has 9 heteroatoms. The van der Waals surface area contributed by atoms with Gasteiger partial charge in [0.05, 0.1) is 12.8 Å². The molecule has 1 saturated carbocycles. The lowest BCUT2D eigenvalue weighted by Gasteiger charge is -2.34. The first-order valence-electron chi connectivity index (χ1n) is 15.6. The second-order valence-corrected chi connectivity index (χ2v) is 12.8. The largest absolute Gasteiger partial charge is 0.457 e. The van der Waals surface area contributed by atoms with Crippen LogP contribution in [0, 0.1) is 5.92 Å². The zero-order valence-electron chi connectivity index (χ0n) is 26.5. The molecule has 45 heavy (non-hydrogen) atoms. The first kappa shape index (κ1) is 33.2. The number of carbonyl (C=O) groups is 3. The van der Waals surface area contributed by atoms with Gasteiger partial charge in [-0.2, -0.15) is 5.10 Å². The molecule has 9 nitrogen and oxygen atoms in total. The number of hydrazone groups is 1. The molecule has 0 radical (unpaired) electrons. The van der Waals surface area contributed by atoms with Crippen LogP contribution in [-0.4, -0.2) is 41.4 Å². The highest BCUT2D eigenvalue weighted by atomic mass is 16.5. The molecule has 1 aliphatic rings. The van der Waals surface area contributed by atoms with Gasteiger partial charge in [0.1, 0.15) is 17.5 Å². The van der Waals surface area contributed by atoms with E-state index in [0.717, 1.165) is 31.2 Å². The van der Waals surface area contributed by atoms with Crippen LogP contribution in [0.2, 0.25) is 0 Å². The molecule has 3 aromatic rings. The zero-order chi connectivity index (χ0) is 32.4. The average Bonchev–Trinajstić information content (AvgIpc) is 3.02. The summed E-state index contributed by atoms with van der Waals surface area (Å²) in [7, 11) is 0. The van der Waals surface area contributed by atoms with Gasteiger partial charge in [-0.15, -0.1) is 0 Å². The van der Waals surface area contributed by atoms with Crippen molar-refractivity contribution in [3.63, 3.8) is 0 Å². The van der Waals surface area contributed by atoms with E-state index in [0.29, 0.717) is 29.0 Å². The summed E-state index contributed by atoms with van der Waals surface area (Å²) < 4.78 is 6.19. The maximum absolute atomic E-state index is 14.3. The van der Waals surface area contributed by atoms with Crippen LogP contribution in [0.3, 0.4) is 0 Å². The molecule has 3 amide bonds. The van der Waals surface area contributed by atoms with Crippen LogP contribution in [0.25, 0.3) is 0 Å². The highest BCUT2D eigenvalue weighted by molar-refractivity contribution is 5.99. The van der Waals surface area contributed by atoms with E-state index >= 15 is 0 Å². The Hall–Kier alpha value is -4.66. The van der Waals surface area contributed by atoms with E-state index in [1.807, 2.05) is 36.4 Å². The molecule has 0 aliphatic heterocycles. The molecule has 0 heterocycles. The summed E-state index contributed by atoms with van der Waals surface area (Å²) in [5.74, 6) is 5.59. The van der Waals surface area contributed by atoms with Gasteiger partial charge in [-0.25, -0.2) is 0 Å². The van der Waals surface area contributed by atoms with Crippen molar-refractivity contribution in [2.75, 3.05) is 6.54 Å². The molecular weight excluding hydrogens is 566 g/mol. The number of nitrogens with two attached hydrogens (primary N) is 2. The Balaban J connectivity index is 1.67. The number of carbonyl (C=O) groups excluding carboxylic acids is 3. The van der Waals surface area contributed by atoms with E-state index < -0.39 is 17.9 Å². The third-order valence-corrected chi connectivity index (χ3v) is 8.22. The first-order chi connectivity index (χ1) is 21.5. The van der Waals surface area contributed by atoms with Crippen LogP contribution < -0.4 is 21.6 Å². The molecule has 0 aromatic heterocycles. The Bertz CT molecular complexity index is 1490. The van der Waals surface area contributed by atoms with E-state index in [2.05, 4.69) is 43.3 Å². The molecule has 238 valence electrons. The third kappa shape index (κ3) is 9.66. The van der Waals surface area contributed by atoms with E-state index in [9.17, 15) is 14.4 Å². The fourth-order valence-corrected chi connectivity index (χ4v) is 5.80. The zero-order valence-corrected chi connectivity index (χ0v) is 26.5. The minimum atomic E-state index is -0.818. The summed E-state index contributed by atoms with van der Waals surface area (Å²) in [5.41, 5.74) is 8.45. The maximum atomic E-state index is 14.3. The number of amides is 3. The van der Waals surface area contributed by atoms with Crippen LogP contribution in [0.5, 0.6) is 11.5 Å². The van der Waals surface area contributed by atoms with Crippen LogP contribution in [-0.2, 0) is 21.5 Å². The quantitative estimate of drug-likeness (QED) is 0.138. The van der Waals surface area contributed by atoms with Crippen molar-refractivity contribution in [3.05, 3.63) is 95.1 Å². The van der Waals surface area contributed by atoms with Gasteiger partial charge in [0.15, 0.2) is 0 Å². The van der Waals surface area contributed by atoms with Crippen LogP contribution in [0.15, 0.2) is 77.9 Å². The minimum Gasteiger partial charge on any atom is -0.457 e. The minimum absolute atomic E-state index is 0.0307. The Labute approximate surface area is 266 Å². The van der Waals surface area contributed by atoms with Crippen molar-refractivity contribution in [2.24, 2.45) is 22.6 Å². The van der Waals surface area contributed by atoms with E-state index in [1.165, 1.54) is 18.2 Å². The van der Waals surface area contributed by atoms with Gasteiger partial charge in [0.2, 0.25) is 11.8 Å². The van der Waals surface area contributed by atoms with Gasteiger partial charge >= 0.3 is 0 Å². The fourth-order valence-electron chi connectivity index (χ4n) is 5.80. The molecule has 0 saturated heterocycles. The summed E-state index contributed by atoms with van der Waals surface area (Å²) in [4.78, 5) is 41.1. The van der Waals surface area contributed by atoms with Crippen molar-refractivity contribution in [1.82, 2.24) is 10.2 Å². The molecule has 0 bridgehead atoms. The lowest BCUT2D eigenvalue weighted by atomic mass is 9.84. The van der Waals surface area contributed by atoms with E-state index in [1.54, 1.807) is 29.2 Å². The van der Waals surface area contributed by atoms with Crippen molar-refractivity contribution in [3.8, 4) is 11.5 Å². The predicted molar refractivity (Wildman–Crippen MR) is 177 cm³/mol. The van der Waals surface area contributed by atoms with Gasteiger partial charge in [0, 0.05) is 12.1 Å². The standard InChI is InChI=1S/C36H45N5O4/c1-36(2,3)29-15-17-30(18-16-29)45-31-14-8-12-27(20-31)24-41(35(44)28-13-7-11-26(19-28)22-40-38)32(34(43)39-23-33(37)42)21-25-9-5-4-6-10-25/h7-8,11-20,22,25,32H,4-6,9-10,21,23-24,38H2,1-3H3,(H2,37,42)(H,39,43). The van der Waals surface area contributed by atoms with Crippen LogP contribution in [0.1, 0.15) is 86.3 Å². The number of benzene rings is 3. The summed E-state index contributed by atoms with van der Waals surface area (Å²) in [5, 5.41) is 6.25. The monoisotopic (exact) mass is 611 g/mol. The lowest BCUT2D eigenvalue weighted by Crippen LogP contribution is -2.51. The normalized spacial score (nSPS) is 14.6. The van der Waals surface area contributed by atoms with Crippen LogP contribution >= 0.6 is 0 Å². The van der Waals surface area contributed by atoms with Gasteiger partial charge < -0.3 is 26.5 Å². The predicted octanol–water partition coefficient (Wildman–Crippen LogP) is 5.65. The maximum Gasteiger partial charge on any atom is 0.254 e. The molecule has 3 aromatic carbocycles. The summed E-state index contributed by atoms with van der Waals surface area (Å²) in [6, 6.07) is 21.7. The van der Waals surface area contributed by atoms with Crippen molar-refractivity contribution < 1.29 is 19.1 Å². The smallest absolute Gasteiger partial charge is 0.254 e. The molecule has 0 spiro atoms. The van der Waals surface area contributed by atoms with Gasteiger partial charge in [-0.1, -0.05) is 89.3 Å². The first-order valence-corrected chi connectivity index (χ1v) is 15.6. The number of hydrogen-bond donors (Lipinski definition) is 3. The molecule has 1 aliphatic carbocycles. The van der Waals surface area contributed by atoms with Gasteiger partial charge in [0.25, 0.3) is 5.91 Å². The highest BCUT2D eigenvalue weighted by Gasteiger charge is 2.33. The second kappa shape index (κ2) is 15.4. The van der Waals surface area contributed by atoms with Crippen molar-refractivity contribution in [1.29, 1.82) is 0 Å². The second-order valence-electron chi connectivity index (χ2n) is 12.8. The van der Waals surface area contributed by atoms with E-state index in [4.69, 9.17) is 16.3 Å². The Morgan fingerprint density at radius 3 is 2.36 bits per heavy atom. The summed E-state index contributed by atoms with van der Waals surface area (Å²) >= 11 is 0. The Kier molecular flexibility index (Phi) is 11.4. The molecule has 4 rings (SSSR count). The Morgan fingerprint density at radius 1 is 0.978 bits per heavy atom. The molecule has 1 unspecified atom stereocenters. The molecule has 5 N–H and O–H groups in total. The number of ether oxygens (including phenoxy) is 1. The number of nitrogens with zero attached hydrogens (tertiary/aromatic N) is 2. The third-order valence-electron chi connectivity index (χ3n) is 8.22. The highest BCUT2D eigenvalue weighted by Crippen LogP contribution is 2.31. The topological polar surface area (TPSA) is 140 Å². The fraction of sp³-hybridized carbons (Fsp3) is 0.389. The SMILES string of the molecule is CC(C)(C)c1ccc(Oc2cccc(CN(C(=O)c3cccc(C=NN)c3)C(CC3CCCCC3)C(=O)NCC(N)=O)c2)cc1. The molecule has 1 fully saturated rings. The lowest BCUT2D eigenvalue weighted by molar-refractivity contribution is -0.129. The van der Waals surface area contributed by atoms with Crippen molar-refractivity contribution >= 4 is 23.9 Å². The summed E-state index contributed by atoms with van der Waals surface area (Å²) in [6.07, 6.45) is 7.27. The number of primary amides is 1.